The van der Waals surface area contributed by atoms with Gasteiger partial charge in [0.15, 0.2) is 5.96 Å². The van der Waals surface area contributed by atoms with Gasteiger partial charge in [0, 0.05) is 6.54 Å². The van der Waals surface area contributed by atoms with Gasteiger partial charge in [0.05, 0.1) is 20.8 Å². The van der Waals surface area contributed by atoms with Crippen molar-refractivity contribution in [2.24, 2.45) is 16.6 Å². The number of hydrogen-bond donors (Lipinski definition) is 2. The highest BCUT2D eigenvalue weighted by Crippen LogP contribution is 2.21. The predicted molar refractivity (Wildman–Crippen MR) is 103 cm³/mol. The van der Waals surface area contributed by atoms with E-state index in [-0.39, 0.29) is 24.0 Å². The van der Waals surface area contributed by atoms with Crippen LogP contribution in [0.5, 0.6) is 5.75 Å². The molecule has 0 amide bonds. The number of hydrogen-bond acceptors (Lipinski definition) is 4. The van der Waals surface area contributed by atoms with Crippen LogP contribution in [0.25, 0.3) is 0 Å². The van der Waals surface area contributed by atoms with Crippen molar-refractivity contribution in [3.8, 4) is 5.75 Å². The van der Waals surface area contributed by atoms with Crippen molar-refractivity contribution in [1.29, 1.82) is 0 Å². The quantitative estimate of drug-likeness (QED) is 0.298. The number of ether oxygens (including phenoxy) is 2. The first-order valence-electron chi connectivity index (χ1n) is 7.27. The average Bonchev–Trinajstić information content (AvgIpc) is 2.51. The Bertz CT molecular complexity index is 533. The maximum absolute atomic E-state index is 11.7. The number of esters is 1. The number of methoxy groups -OCH3 is 2. The third-order valence-electron chi connectivity index (χ3n) is 3.13. The highest BCUT2D eigenvalue weighted by Gasteiger charge is 2.13. The summed E-state index contributed by atoms with van der Waals surface area (Å²) in [5.74, 6) is 1.05. The lowest BCUT2D eigenvalue weighted by atomic mass is 10.1. The molecule has 0 fully saturated rings. The minimum atomic E-state index is -0.439. The van der Waals surface area contributed by atoms with E-state index in [2.05, 4.69) is 24.2 Å². The fraction of sp³-hybridized carbons (Fsp3) is 0.500. The average molecular weight is 435 g/mol. The number of halogens is 1. The highest BCUT2D eigenvalue weighted by atomic mass is 127. The van der Waals surface area contributed by atoms with Gasteiger partial charge in [-0.3, -0.25) is 0 Å². The number of nitrogens with zero attached hydrogens (tertiary/aromatic N) is 1. The smallest absolute Gasteiger partial charge is 0.341 e. The molecule has 0 aliphatic heterocycles. The second-order valence-corrected chi connectivity index (χ2v) is 5.34. The normalized spacial score (nSPS) is 10.9. The Labute approximate surface area is 154 Å². The summed E-state index contributed by atoms with van der Waals surface area (Å²) >= 11 is 0. The van der Waals surface area contributed by atoms with Crippen LogP contribution in [0.3, 0.4) is 0 Å². The minimum Gasteiger partial charge on any atom is -0.496 e. The molecule has 0 bridgehead atoms. The van der Waals surface area contributed by atoms with Gasteiger partial charge in [0.1, 0.15) is 11.3 Å². The van der Waals surface area contributed by atoms with Crippen LogP contribution in [0.2, 0.25) is 0 Å². The minimum absolute atomic E-state index is 0. The summed E-state index contributed by atoms with van der Waals surface area (Å²) in [6.45, 7) is 5.49. The van der Waals surface area contributed by atoms with Crippen molar-refractivity contribution in [1.82, 2.24) is 5.32 Å². The van der Waals surface area contributed by atoms with Crippen LogP contribution in [-0.4, -0.2) is 32.7 Å². The summed E-state index contributed by atoms with van der Waals surface area (Å²) in [6, 6.07) is 5.27. The number of rotatable bonds is 7. The Morgan fingerprint density at radius 1 is 1.35 bits per heavy atom. The largest absolute Gasteiger partial charge is 0.496 e. The zero-order valence-corrected chi connectivity index (χ0v) is 16.4. The van der Waals surface area contributed by atoms with Crippen LogP contribution in [0.4, 0.5) is 0 Å². The zero-order chi connectivity index (χ0) is 16.5. The maximum Gasteiger partial charge on any atom is 0.341 e. The van der Waals surface area contributed by atoms with E-state index in [1.807, 2.05) is 6.07 Å². The fourth-order valence-corrected chi connectivity index (χ4v) is 1.84. The summed E-state index contributed by atoms with van der Waals surface area (Å²) in [5, 5.41) is 3.07. The second kappa shape index (κ2) is 11.1. The van der Waals surface area contributed by atoms with Gasteiger partial charge in [-0.1, -0.05) is 19.9 Å². The van der Waals surface area contributed by atoms with E-state index in [0.717, 1.165) is 18.5 Å². The molecule has 23 heavy (non-hydrogen) atoms. The van der Waals surface area contributed by atoms with Gasteiger partial charge in [0.25, 0.3) is 0 Å². The molecule has 0 aromatic heterocycles. The lowest BCUT2D eigenvalue weighted by Gasteiger charge is -2.09. The first-order chi connectivity index (χ1) is 10.5. The molecule has 130 valence electrons. The molecule has 1 aromatic rings. The van der Waals surface area contributed by atoms with E-state index in [1.165, 1.54) is 14.2 Å². The Morgan fingerprint density at radius 2 is 2.04 bits per heavy atom. The van der Waals surface area contributed by atoms with Gasteiger partial charge in [-0.2, -0.15) is 0 Å². The van der Waals surface area contributed by atoms with E-state index < -0.39 is 5.97 Å². The third-order valence-corrected chi connectivity index (χ3v) is 3.13. The molecule has 0 aliphatic rings. The number of carbonyl (C=O) groups excluding carboxylic acids is 1. The van der Waals surface area contributed by atoms with Crippen LogP contribution < -0.4 is 15.8 Å². The van der Waals surface area contributed by atoms with Crippen molar-refractivity contribution >= 4 is 35.9 Å². The Hall–Kier alpha value is -1.51. The number of nitrogens with one attached hydrogen (secondary N) is 1. The van der Waals surface area contributed by atoms with Crippen molar-refractivity contribution in [2.75, 3.05) is 20.8 Å². The molecule has 0 radical (unpaired) electrons. The summed E-state index contributed by atoms with van der Waals surface area (Å²) in [5.41, 5.74) is 7.05. The molecule has 1 rings (SSSR count). The van der Waals surface area contributed by atoms with E-state index >= 15 is 0 Å². The molecule has 7 heteroatoms. The third kappa shape index (κ3) is 7.54. The summed E-state index contributed by atoms with van der Waals surface area (Å²) < 4.78 is 9.89. The van der Waals surface area contributed by atoms with Gasteiger partial charge in [0.2, 0.25) is 0 Å². The number of guanidine groups is 1. The Kier molecular flexibility index (Phi) is 10.4. The van der Waals surface area contributed by atoms with Crippen LogP contribution in [-0.2, 0) is 11.3 Å². The van der Waals surface area contributed by atoms with Gasteiger partial charge in [-0.05, 0) is 30.0 Å². The molecule has 0 aliphatic carbocycles. The number of aliphatic imine (C=N–C) groups is 1. The first-order valence-corrected chi connectivity index (χ1v) is 7.27. The number of nitrogens with two attached hydrogens (primary N) is 1. The van der Waals surface area contributed by atoms with Gasteiger partial charge in [-0.25, -0.2) is 9.79 Å². The van der Waals surface area contributed by atoms with Crippen molar-refractivity contribution in [3.63, 3.8) is 0 Å². The van der Waals surface area contributed by atoms with Crippen LogP contribution in [0.1, 0.15) is 36.2 Å². The molecule has 1 aromatic carbocycles. The van der Waals surface area contributed by atoms with Crippen LogP contribution in [0, 0.1) is 5.92 Å². The van der Waals surface area contributed by atoms with Crippen molar-refractivity contribution in [3.05, 3.63) is 29.3 Å². The lowest BCUT2D eigenvalue weighted by molar-refractivity contribution is 0.0597. The zero-order valence-electron chi connectivity index (χ0n) is 14.1. The summed E-state index contributed by atoms with van der Waals surface area (Å²) in [7, 11) is 2.85. The molecule has 0 atom stereocenters. The lowest BCUT2D eigenvalue weighted by Crippen LogP contribution is -2.32. The molecular formula is C16H26IN3O3. The molecule has 0 saturated heterocycles. The first kappa shape index (κ1) is 21.5. The van der Waals surface area contributed by atoms with Crippen molar-refractivity contribution < 1.29 is 14.3 Å². The molecular weight excluding hydrogens is 409 g/mol. The van der Waals surface area contributed by atoms with Crippen molar-refractivity contribution in [2.45, 2.75) is 26.8 Å². The molecule has 0 spiro atoms. The van der Waals surface area contributed by atoms with Gasteiger partial charge in [-0.15, -0.1) is 24.0 Å². The van der Waals surface area contributed by atoms with E-state index in [9.17, 15) is 4.79 Å². The summed E-state index contributed by atoms with van der Waals surface area (Å²) in [4.78, 5) is 16.0. The molecule has 3 N–H and O–H groups in total. The number of benzene rings is 1. The monoisotopic (exact) mass is 435 g/mol. The maximum atomic E-state index is 11.7. The van der Waals surface area contributed by atoms with Crippen LogP contribution >= 0.6 is 24.0 Å². The predicted octanol–water partition coefficient (Wildman–Crippen LogP) is 2.55. The molecule has 0 saturated carbocycles. The highest BCUT2D eigenvalue weighted by molar-refractivity contribution is 14.0. The van der Waals surface area contributed by atoms with Crippen LogP contribution in [0.15, 0.2) is 23.2 Å². The number of carbonyl (C=O) groups is 1. The molecule has 6 nitrogen and oxygen atoms in total. The van der Waals surface area contributed by atoms with Gasteiger partial charge < -0.3 is 20.5 Å². The SMILES string of the molecule is COC(=O)c1cc(CN=C(N)NCCC(C)C)ccc1OC.I. The van der Waals surface area contributed by atoms with E-state index in [4.69, 9.17) is 15.2 Å². The Morgan fingerprint density at radius 3 is 2.61 bits per heavy atom. The topological polar surface area (TPSA) is 85.9 Å². The van der Waals surface area contributed by atoms with Gasteiger partial charge >= 0.3 is 5.97 Å². The van der Waals surface area contributed by atoms with E-state index in [0.29, 0.717) is 29.7 Å². The fourth-order valence-electron chi connectivity index (χ4n) is 1.84. The Balaban J connectivity index is 0.00000484. The standard InChI is InChI=1S/C16H25N3O3.HI/c1-11(2)7-8-18-16(17)19-10-12-5-6-14(21-3)13(9-12)15(20)22-4;/h5-6,9,11H,7-8,10H2,1-4H3,(H3,17,18,19);1H. The summed E-state index contributed by atoms with van der Waals surface area (Å²) in [6.07, 6.45) is 1.03. The second-order valence-electron chi connectivity index (χ2n) is 5.34. The van der Waals surface area contributed by atoms with E-state index in [1.54, 1.807) is 12.1 Å². The molecule has 0 heterocycles. The molecule has 0 unspecified atom stereocenters.